The quantitative estimate of drug-likeness (QED) is 0.558. The summed E-state index contributed by atoms with van der Waals surface area (Å²) in [7, 11) is 0. The maximum Gasteiger partial charge on any atom is 0.420 e. The van der Waals surface area contributed by atoms with Gasteiger partial charge in [-0.05, 0) is 75.2 Å². The van der Waals surface area contributed by atoms with E-state index in [1.165, 1.54) is 4.57 Å². The van der Waals surface area contributed by atoms with E-state index < -0.39 is 11.7 Å². The molecule has 6 nitrogen and oxygen atoms in total. The van der Waals surface area contributed by atoms with Crippen LogP contribution >= 0.6 is 15.9 Å². The van der Waals surface area contributed by atoms with E-state index in [1.807, 2.05) is 46.8 Å². The fourth-order valence-corrected chi connectivity index (χ4v) is 3.37. The van der Waals surface area contributed by atoms with Gasteiger partial charge in [-0.25, -0.2) is 14.3 Å². The van der Waals surface area contributed by atoms with Gasteiger partial charge in [-0.3, -0.25) is 0 Å². The van der Waals surface area contributed by atoms with E-state index >= 15 is 0 Å². The predicted octanol–water partition coefficient (Wildman–Crippen LogP) is 5.16. The molecule has 7 heteroatoms. The lowest BCUT2D eigenvalue weighted by molar-refractivity contribution is 0.0540. The molecule has 1 aromatic carbocycles. The maximum absolute atomic E-state index is 12.7. The van der Waals surface area contributed by atoms with Gasteiger partial charge in [0.05, 0.1) is 11.2 Å². The normalized spacial score (nSPS) is 12.0. The molecule has 0 aliphatic rings. The second kappa shape index (κ2) is 5.98. The van der Waals surface area contributed by atoms with Crippen LogP contribution in [0.1, 0.15) is 38.0 Å². The van der Waals surface area contributed by atoms with Crippen LogP contribution in [0.4, 0.5) is 4.79 Å². The number of nitrogens with zero attached hydrogens (tertiary/aromatic N) is 3. The van der Waals surface area contributed by atoms with E-state index in [1.54, 1.807) is 6.92 Å². The third-order valence-electron chi connectivity index (χ3n) is 3.78. The molecule has 3 aromatic rings. The van der Waals surface area contributed by atoms with E-state index in [-0.39, 0.29) is 0 Å². The van der Waals surface area contributed by atoms with Gasteiger partial charge >= 0.3 is 6.09 Å². The highest BCUT2D eigenvalue weighted by Gasteiger charge is 2.23. The molecule has 0 saturated carbocycles. The lowest BCUT2D eigenvalue weighted by atomic mass is 10.0. The Morgan fingerprint density at radius 1 is 1.24 bits per heavy atom. The third kappa shape index (κ3) is 3.20. The molecule has 0 aliphatic carbocycles. The summed E-state index contributed by atoms with van der Waals surface area (Å²) >= 11 is 3.56. The fraction of sp³-hybridized carbons (Fsp3) is 0.389. The number of halogens is 1. The molecule has 0 N–H and O–H groups in total. The molecule has 132 valence electrons. The second-order valence-electron chi connectivity index (χ2n) is 7.00. The molecule has 0 unspecified atom stereocenters. The number of benzene rings is 1. The van der Waals surface area contributed by atoms with Gasteiger partial charge in [0.1, 0.15) is 22.7 Å². The molecule has 2 heterocycles. The molecule has 25 heavy (non-hydrogen) atoms. The third-order valence-corrected chi connectivity index (χ3v) is 4.38. The highest BCUT2D eigenvalue weighted by atomic mass is 79.9. The number of aromatic nitrogens is 3. The Morgan fingerprint density at radius 2 is 1.92 bits per heavy atom. The number of hydrogen-bond acceptors (Lipinski definition) is 5. The number of ether oxygens (including phenoxy) is 1. The lowest BCUT2D eigenvalue weighted by Gasteiger charge is -2.20. The van der Waals surface area contributed by atoms with Crippen LogP contribution in [0, 0.1) is 20.8 Å². The average Bonchev–Trinajstić information content (AvgIpc) is 2.96. The highest BCUT2D eigenvalue weighted by Crippen LogP contribution is 2.34. The van der Waals surface area contributed by atoms with Crippen molar-refractivity contribution in [2.24, 2.45) is 0 Å². The second-order valence-corrected chi connectivity index (χ2v) is 7.85. The standard InChI is InChI=1S/C18H20BrN3O3/c1-9-15(10(2)25-21-9)12-7-13(19)16-14(8-12)22(11(3)20-16)17(23)24-18(4,5)6/h7-8H,1-6H3. The smallest absolute Gasteiger partial charge is 0.420 e. The lowest BCUT2D eigenvalue weighted by Crippen LogP contribution is -2.27. The zero-order chi connectivity index (χ0) is 18.5. The largest absolute Gasteiger partial charge is 0.443 e. The summed E-state index contributed by atoms with van der Waals surface area (Å²) in [6.45, 7) is 11.1. The molecule has 0 aliphatic heterocycles. The Bertz CT molecular complexity index is 960. The zero-order valence-electron chi connectivity index (χ0n) is 15.1. The van der Waals surface area contributed by atoms with Crippen LogP contribution in [0.2, 0.25) is 0 Å². The van der Waals surface area contributed by atoms with Gasteiger partial charge < -0.3 is 9.26 Å². The number of carbonyl (C=O) groups excluding carboxylic acids is 1. The summed E-state index contributed by atoms with van der Waals surface area (Å²) in [5, 5.41) is 4.01. The molecule has 0 fully saturated rings. The zero-order valence-corrected chi connectivity index (χ0v) is 16.7. The Morgan fingerprint density at radius 3 is 2.48 bits per heavy atom. The molecule has 0 amide bonds. The molecular formula is C18H20BrN3O3. The van der Waals surface area contributed by atoms with Crippen LogP contribution < -0.4 is 0 Å². The topological polar surface area (TPSA) is 70.2 Å². The summed E-state index contributed by atoms with van der Waals surface area (Å²) in [5.74, 6) is 1.30. The number of rotatable bonds is 1. The first kappa shape index (κ1) is 17.7. The van der Waals surface area contributed by atoms with Crippen molar-refractivity contribution in [2.75, 3.05) is 0 Å². The summed E-state index contributed by atoms with van der Waals surface area (Å²) in [5.41, 5.74) is 3.41. The average molecular weight is 406 g/mol. The van der Waals surface area contributed by atoms with Crippen LogP contribution in [-0.4, -0.2) is 26.4 Å². The molecule has 2 aromatic heterocycles. The molecule has 0 bridgehead atoms. The Hall–Kier alpha value is -2.15. The Kier molecular flexibility index (Phi) is 4.23. The first-order chi connectivity index (χ1) is 11.6. The van der Waals surface area contributed by atoms with Crippen molar-refractivity contribution in [1.82, 2.24) is 14.7 Å². The van der Waals surface area contributed by atoms with E-state index in [2.05, 4.69) is 26.1 Å². The first-order valence-corrected chi connectivity index (χ1v) is 8.73. The SMILES string of the molecule is Cc1noc(C)c1-c1cc(Br)c2nc(C)n(C(=O)OC(C)(C)C)c2c1. The van der Waals surface area contributed by atoms with Crippen LogP contribution in [0.5, 0.6) is 0 Å². The van der Waals surface area contributed by atoms with Crippen molar-refractivity contribution >= 4 is 33.1 Å². The molecule has 0 atom stereocenters. The highest BCUT2D eigenvalue weighted by molar-refractivity contribution is 9.10. The van der Waals surface area contributed by atoms with Gasteiger partial charge in [0, 0.05) is 10.0 Å². The molecule has 3 rings (SSSR count). The van der Waals surface area contributed by atoms with E-state index in [0.717, 1.165) is 27.1 Å². The first-order valence-electron chi connectivity index (χ1n) is 7.93. The van der Waals surface area contributed by atoms with E-state index in [4.69, 9.17) is 9.26 Å². The van der Waals surface area contributed by atoms with Gasteiger partial charge in [-0.2, -0.15) is 0 Å². The number of aryl methyl sites for hydroxylation is 3. The molecule has 0 radical (unpaired) electrons. The Balaban J connectivity index is 2.23. The minimum atomic E-state index is -0.587. The molecule has 0 saturated heterocycles. The van der Waals surface area contributed by atoms with Crippen molar-refractivity contribution in [3.05, 3.63) is 33.9 Å². The van der Waals surface area contributed by atoms with E-state index in [0.29, 0.717) is 16.9 Å². The summed E-state index contributed by atoms with van der Waals surface area (Å²) in [6, 6.07) is 3.87. The number of carbonyl (C=O) groups is 1. The van der Waals surface area contributed by atoms with Crippen molar-refractivity contribution in [3.63, 3.8) is 0 Å². The van der Waals surface area contributed by atoms with Gasteiger partial charge in [0.2, 0.25) is 0 Å². The van der Waals surface area contributed by atoms with Crippen molar-refractivity contribution in [1.29, 1.82) is 0 Å². The number of hydrogen-bond donors (Lipinski definition) is 0. The van der Waals surface area contributed by atoms with Gasteiger partial charge in [0.25, 0.3) is 0 Å². The van der Waals surface area contributed by atoms with Gasteiger partial charge in [-0.15, -0.1) is 0 Å². The molecule has 0 spiro atoms. The van der Waals surface area contributed by atoms with Gasteiger partial charge in [-0.1, -0.05) is 5.16 Å². The minimum absolute atomic E-state index is 0.449. The van der Waals surface area contributed by atoms with Crippen LogP contribution in [0.25, 0.3) is 22.2 Å². The van der Waals surface area contributed by atoms with Crippen molar-refractivity contribution < 1.29 is 14.1 Å². The fourth-order valence-electron chi connectivity index (χ4n) is 2.83. The van der Waals surface area contributed by atoms with Crippen molar-refractivity contribution in [2.45, 2.75) is 47.1 Å². The number of fused-ring (bicyclic) bond motifs is 1. The van der Waals surface area contributed by atoms with Crippen LogP contribution in [0.15, 0.2) is 21.1 Å². The minimum Gasteiger partial charge on any atom is -0.443 e. The summed E-state index contributed by atoms with van der Waals surface area (Å²) in [4.78, 5) is 17.2. The monoisotopic (exact) mass is 405 g/mol. The van der Waals surface area contributed by atoms with Gasteiger partial charge in [0.15, 0.2) is 0 Å². The number of imidazole rings is 1. The molecular weight excluding hydrogens is 386 g/mol. The van der Waals surface area contributed by atoms with E-state index in [9.17, 15) is 4.79 Å². The Labute approximate surface area is 154 Å². The summed E-state index contributed by atoms with van der Waals surface area (Å²) in [6.07, 6.45) is -0.449. The predicted molar refractivity (Wildman–Crippen MR) is 98.8 cm³/mol. The van der Waals surface area contributed by atoms with Crippen molar-refractivity contribution in [3.8, 4) is 11.1 Å². The maximum atomic E-state index is 12.7. The van der Waals surface area contributed by atoms with Crippen LogP contribution in [-0.2, 0) is 4.74 Å². The van der Waals surface area contributed by atoms with Crippen LogP contribution in [0.3, 0.4) is 0 Å². The summed E-state index contributed by atoms with van der Waals surface area (Å²) < 4.78 is 13.1.